The normalized spacial score (nSPS) is 25.9. The molecule has 0 aliphatic heterocycles. The monoisotopic (exact) mass is 246 g/mol. The average Bonchev–Trinajstić information content (AvgIpc) is 2.40. The first-order valence-electron chi connectivity index (χ1n) is 7.27. The molecule has 3 N–H and O–H groups in total. The molecule has 0 aromatic heterocycles. The molecule has 0 radical (unpaired) electrons. The molecule has 1 aromatic carbocycles. The van der Waals surface area contributed by atoms with Gasteiger partial charge in [0.15, 0.2) is 0 Å². The van der Waals surface area contributed by atoms with Crippen molar-refractivity contribution in [3.05, 3.63) is 35.4 Å². The Morgan fingerprint density at radius 1 is 1.28 bits per heavy atom. The van der Waals surface area contributed by atoms with Gasteiger partial charge in [-0.15, -0.1) is 0 Å². The fraction of sp³-hybridized carbons (Fsp3) is 0.625. The molecule has 1 saturated carbocycles. The molecule has 0 amide bonds. The Hall–Kier alpha value is -0.860. The van der Waals surface area contributed by atoms with Crippen molar-refractivity contribution >= 4 is 0 Å². The fourth-order valence-corrected chi connectivity index (χ4v) is 3.30. The second kappa shape index (κ2) is 6.35. The number of aryl methyl sites for hydroxylation is 1. The van der Waals surface area contributed by atoms with Crippen LogP contribution in [0.4, 0.5) is 0 Å². The molecule has 0 saturated heterocycles. The second-order valence-corrected chi connectivity index (χ2v) is 5.75. The first kappa shape index (κ1) is 13.6. The van der Waals surface area contributed by atoms with Gasteiger partial charge in [-0.1, -0.05) is 56.0 Å². The topological polar surface area (TPSA) is 38.0 Å². The molecule has 0 spiro atoms. The summed E-state index contributed by atoms with van der Waals surface area (Å²) in [4.78, 5) is 0. The standard InChI is InChI=1S/C16H26N2/c1-3-13-7-9-14(10-8-13)16(18-17)15-6-4-5-12(2)11-15/h4-6,11,13-14,16,18H,3,7-10,17H2,1-2H3. The van der Waals surface area contributed by atoms with Gasteiger partial charge >= 0.3 is 0 Å². The molecule has 1 aliphatic rings. The summed E-state index contributed by atoms with van der Waals surface area (Å²) in [6.45, 7) is 4.45. The lowest BCUT2D eigenvalue weighted by molar-refractivity contribution is 0.219. The van der Waals surface area contributed by atoms with Crippen LogP contribution >= 0.6 is 0 Å². The molecule has 1 aliphatic carbocycles. The van der Waals surface area contributed by atoms with Crippen LogP contribution in [0.3, 0.4) is 0 Å². The zero-order chi connectivity index (χ0) is 13.0. The van der Waals surface area contributed by atoms with Crippen molar-refractivity contribution in [1.82, 2.24) is 5.43 Å². The zero-order valence-corrected chi connectivity index (χ0v) is 11.7. The van der Waals surface area contributed by atoms with Gasteiger partial charge in [-0.3, -0.25) is 11.3 Å². The molecule has 1 unspecified atom stereocenters. The predicted octanol–water partition coefficient (Wildman–Crippen LogP) is 3.72. The minimum Gasteiger partial charge on any atom is -0.271 e. The summed E-state index contributed by atoms with van der Waals surface area (Å²) >= 11 is 0. The molecule has 2 nitrogen and oxygen atoms in total. The minimum absolute atomic E-state index is 0.322. The van der Waals surface area contributed by atoms with E-state index in [-0.39, 0.29) is 0 Å². The van der Waals surface area contributed by atoms with E-state index in [1.165, 1.54) is 43.2 Å². The van der Waals surface area contributed by atoms with Crippen LogP contribution < -0.4 is 11.3 Å². The van der Waals surface area contributed by atoms with Crippen LogP contribution in [0, 0.1) is 18.8 Å². The Morgan fingerprint density at radius 2 is 2.00 bits per heavy atom. The first-order chi connectivity index (χ1) is 8.74. The number of rotatable bonds is 4. The van der Waals surface area contributed by atoms with Gasteiger partial charge in [0, 0.05) is 6.04 Å². The molecular weight excluding hydrogens is 220 g/mol. The number of hydrazine groups is 1. The Labute approximate surface area is 111 Å². The quantitative estimate of drug-likeness (QED) is 0.628. The zero-order valence-electron chi connectivity index (χ0n) is 11.7. The van der Waals surface area contributed by atoms with E-state index in [0.717, 1.165) is 5.92 Å². The van der Waals surface area contributed by atoms with Crippen LogP contribution in [0.1, 0.15) is 56.2 Å². The van der Waals surface area contributed by atoms with E-state index < -0.39 is 0 Å². The van der Waals surface area contributed by atoms with Crippen LogP contribution in [0.2, 0.25) is 0 Å². The van der Waals surface area contributed by atoms with Gasteiger partial charge in [-0.2, -0.15) is 0 Å². The van der Waals surface area contributed by atoms with Crippen molar-refractivity contribution in [2.45, 2.75) is 52.0 Å². The third-order valence-electron chi connectivity index (χ3n) is 4.52. The second-order valence-electron chi connectivity index (χ2n) is 5.75. The van der Waals surface area contributed by atoms with E-state index in [2.05, 4.69) is 43.5 Å². The van der Waals surface area contributed by atoms with Crippen LogP contribution in [-0.2, 0) is 0 Å². The number of nitrogens with two attached hydrogens (primary N) is 1. The van der Waals surface area contributed by atoms with Gasteiger partial charge in [-0.25, -0.2) is 0 Å². The molecule has 1 aromatic rings. The number of hydrogen-bond acceptors (Lipinski definition) is 2. The molecule has 18 heavy (non-hydrogen) atoms. The summed E-state index contributed by atoms with van der Waals surface area (Å²) in [5.41, 5.74) is 5.71. The molecule has 0 bridgehead atoms. The number of nitrogens with one attached hydrogen (secondary N) is 1. The summed E-state index contributed by atoms with van der Waals surface area (Å²) in [7, 11) is 0. The van der Waals surface area contributed by atoms with Gasteiger partial charge < -0.3 is 0 Å². The van der Waals surface area contributed by atoms with Crippen LogP contribution in [-0.4, -0.2) is 0 Å². The van der Waals surface area contributed by atoms with Gasteiger partial charge in [0.25, 0.3) is 0 Å². The van der Waals surface area contributed by atoms with Crippen LogP contribution in [0.15, 0.2) is 24.3 Å². The fourth-order valence-electron chi connectivity index (χ4n) is 3.30. The lowest BCUT2D eigenvalue weighted by Crippen LogP contribution is -2.35. The maximum atomic E-state index is 5.80. The summed E-state index contributed by atoms with van der Waals surface area (Å²) in [5, 5.41) is 0. The lowest BCUT2D eigenvalue weighted by atomic mass is 9.76. The Bertz CT molecular complexity index is 367. The van der Waals surface area contributed by atoms with Gasteiger partial charge in [0.2, 0.25) is 0 Å². The Kier molecular flexibility index (Phi) is 4.79. The average molecular weight is 246 g/mol. The number of hydrogen-bond donors (Lipinski definition) is 2. The van der Waals surface area contributed by atoms with E-state index >= 15 is 0 Å². The summed E-state index contributed by atoms with van der Waals surface area (Å²) < 4.78 is 0. The van der Waals surface area contributed by atoms with Gasteiger partial charge in [0.1, 0.15) is 0 Å². The summed E-state index contributed by atoms with van der Waals surface area (Å²) in [6, 6.07) is 9.06. The summed E-state index contributed by atoms with van der Waals surface area (Å²) in [5.74, 6) is 7.44. The molecule has 2 heteroatoms. The van der Waals surface area contributed by atoms with Crippen LogP contribution in [0.5, 0.6) is 0 Å². The number of benzene rings is 1. The van der Waals surface area contributed by atoms with Gasteiger partial charge in [-0.05, 0) is 37.2 Å². The third-order valence-corrected chi connectivity index (χ3v) is 4.52. The van der Waals surface area contributed by atoms with Crippen molar-refractivity contribution in [3.63, 3.8) is 0 Å². The van der Waals surface area contributed by atoms with E-state index in [4.69, 9.17) is 5.84 Å². The predicted molar refractivity (Wildman–Crippen MR) is 77.0 cm³/mol. The Morgan fingerprint density at radius 3 is 2.56 bits per heavy atom. The highest BCUT2D eigenvalue weighted by Crippen LogP contribution is 2.37. The first-order valence-corrected chi connectivity index (χ1v) is 7.27. The van der Waals surface area contributed by atoms with E-state index in [1.54, 1.807) is 0 Å². The molecule has 1 fully saturated rings. The lowest BCUT2D eigenvalue weighted by Gasteiger charge is -2.33. The maximum Gasteiger partial charge on any atom is 0.0488 e. The van der Waals surface area contributed by atoms with Gasteiger partial charge in [0.05, 0.1) is 0 Å². The van der Waals surface area contributed by atoms with E-state index in [1.807, 2.05) is 0 Å². The van der Waals surface area contributed by atoms with E-state index in [9.17, 15) is 0 Å². The molecule has 2 rings (SSSR count). The maximum absolute atomic E-state index is 5.80. The third kappa shape index (κ3) is 3.12. The highest BCUT2D eigenvalue weighted by molar-refractivity contribution is 5.25. The molecule has 0 heterocycles. The van der Waals surface area contributed by atoms with Crippen molar-refractivity contribution in [3.8, 4) is 0 Å². The summed E-state index contributed by atoms with van der Waals surface area (Å²) in [6.07, 6.45) is 6.68. The minimum atomic E-state index is 0.322. The van der Waals surface area contributed by atoms with Crippen molar-refractivity contribution < 1.29 is 0 Å². The highest BCUT2D eigenvalue weighted by Gasteiger charge is 2.27. The Balaban J connectivity index is 2.05. The highest BCUT2D eigenvalue weighted by atomic mass is 15.2. The largest absolute Gasteiger partial charge is 0.271 e. The smallest absolute Gasteiger partial charge is 0.0488 e. The SMILES string of the molecule is CCC1CCC(C(NN)c2cccc(C)c2)CC1. The molecule has 1 atom stereocenters. The van der Waals surface area contributed by atoms with E-state index in [0.29, 0.717) is 12.0 Å². The molecular formula is C16H26N2. The molecule has 100 valence electrons. The van der Waals surface area contributed by atoms with Crippen molar-refractivity contribution in [2.24, 2.45) is 17.7 Å². The van der Waals surface area contributed by atoms with Crippen molar-refractivity contribution in [1.29, 1.82) is 0 Å². The van der Waals surface area contributed by atoms with Crippen LogP contribution in [0.25, 0.3) is 0 Å². The van der Waals surface area contributed by atoms with Crippen molar-refractivity contribution in [2.75, 3.05) is 0 Å².